The lowest BCUT2D eigenvalue weighted by Gasteiger charge is -2.41. The van der Waals surface area contributed by atoms with Gasteiger partial charge in [0.05, 0.1) is 17.0 Å². The first-order valence-electron chi connectivity index (χ1n) is 13.6. The molecule has 1 saturated heterocycles. The molecule has 2 aromatic rings. The number of ether oxygens (including phenoxy) is 2. The van der Waals surface area contributed by atoms with Crippen LogP contribution in [0, 0.1) is 5.41 Å². The molecule has 8 nitrogen and oxygen atoms in total. The van der Waals surface area contributed by atoms with E-state index in [1.165, 1.54) is 0 Å². The van der Waals surface area contributed by atoms with Crippen LogP contribution in [0.25, 0.3) is 0 Å². The van der Waals surface area contributed by atoms with Crippen molar-refractivity contribution in [3.05, 3.63) is 77.9 Å². The maximum atomic E-state index is 13.9. The van der Waals surface area contributed by atoms with Crippen LogP contribution in [-0.2, 0) is 16.0 Å². The molecule has 0 radical (unpaired) electrons. The van der Waals surface area contributed by atoms with Crippen LogP contribution < -0.4 is 15.4 Å². The van der Waals surface area contributed by atoms with E-state index in [9.17, 15) is 14.4 Å². The summed E-state index contributed by atoms with van der Waals surface area (Å²) in [7, 11) is 0. The highest BCUT2D eigenvalue weighted by atomic mass is 16.6. The Kier molecular flexibility index (Phi) is 8.94. The number of carbonyl (C=O) groups excluding carboxylic acids is 3. The summed E-state index contributed by atoms with van der Waals surface area (Å²) >= 11 is 0. The van der Waals surface area contributed by atoms with Gasteiger partial charge in [-0.15, -0.1) is 0 Å². The third-order valence-corrected chi connectivity index (χ3v) is 7.17. The molecule has 39 heavy (non-hydrogen) atoms. The van der Waals surface area contributed by atoms with Crippen LogP contribution in [0.2, 0.25) is 0 Å². The molecule has 208 valence electrons. The molecule has 1 spiro atoms. The molecule has 3 amide bonds. The number of hydrogen-bond donors (Lipinski definition) is 2. The highest BCUT2D eigenvalue weighted by molar-refractivity contribution is 5.97. The number of para-hydroxylation sites is 1. The van der Waals surface area contributed by atoms with E-state index in [0.717, 1.165) is 5.56 Å². The van der Waals surface area contributed by atoms with E-state index in [0.29, 0.717) is 50.1 Å². The predicted octanol–water partition coefficient (Wildman–Crippen LogP) is 4.50. The van der Waals surface area contributed by atoms with E-state index in [1.807, 2.05) is 69.3 Å². The smallest absolute Gasteiger partial charge is 0.410 e. The van der Waals surface area contributed by atoms with Gasteiger partial charge in [0.2, 0.25) is 5.91 Å². The Morgan fingerprint density at radius 1 is 1.03 bits per heavy atom. The summed E-state index contributed by atoms with van der Waals surface area (Å²) in [6, 6.07) is 16.8. The van der Waals surface area contributed by atoms with Crippen molar-refractivity contribution in [1.82, 2.24) is 15.5 Å². The van der Waals surface area contributed by atoms with Gasteiger partial charge in [-0.05, 0) is 64.2 Å². The number of hydrogen-bond acceptors (Lipinski definition) is 5. The van der Waals surface area contributed by atoms with E-state index in [-0.39, 0.29) is 37.1 Å². The number of carbonyl (C=O) groups is 3. The van der Waals surface area contributed by atoms with E-state index in [1.54, 1.807) is 23.1 Å². The SMILES string of the molecule is CC(C)(C)OC(=O)N1CCC2(C/C=C/COc3ccccc3C(=O)NC[C@H](Cc3ccccc3)NC2=O)CC1. The standard InChI is InChI=1S/C31H39N3O5/c1-30(2,3)39-29(37)34-18-16-31(17-19-34)15-9-10-20-38-26-14-8-7-13-25(26)27(35)32-22-24(33-28(31)36)21-23-11-5-4-6-12-23/h4-14,24H,15-22H2,1-3H3,(H,32,35)(H,33,36)/b10-9+/t24-/m0/s1. The summed E-state index contributed by atoms with van der Waals surface area (Å²) in [5, 5.41) is 6.25. The van der Waals surface area contributed by atoms with Gasteiger partial charge in [-0.2, -0.15) is 0 Å². The van der Waals surface area contributed by atoms with E-state index < -0.39 is 11.0 Å². The number of nitrogens with zero attached hydrogens (tertiary/aromatic N) is 1. The first-order chi connectivity index (χ1) is 18.7. The van der Waals surface area contributed by atoms with Crippen LogP contribution in [0.5, 0.6) is 5.75 Å². The zero-order chi connectivity index (χ0) is 27.9. The van der Waals surface area contributed by atoms with Crippen molar-refractivity contribution in [3.8, 4) is 5.75 Å². The van der Waals surface area contributed by atoms with Gasteiger partial charge < -0.3 is 25.0 Å². The maximum Gasteiger partial charge on any atom is 0.410 e. The Morgan fingerprint density at radius 2 is 1.72 bits per heavy atom. The van der Waals surface area contributed by atoms with Crippen molar-refractivity contribution in [1.29, 1.82) is 0 Å². The van der Waals surface area contributed by atoms with E-state index in [2.05, 4.69) is 10.6 Å². The number of piperidine rings is 1. The van der Waals surface area contributed by atoms with Crippen LogP contribution in [0.1, 0.15) is 56.0 Å². The molecule has 0 bridgehead atoms. The van der Waals surface area contributed by atoms with Crippen molar-refractivity contribution in [2.24, 2.45) is 5.41 Å². The second-order valence-corrected chi connectivity index (χ2v) is 11.3. The number of rotatable bonds is 2. The molecule has 0 unspecified atom stereocenters. The number of amides is 3. The number of nitrogens with one attached hydrogen (secondary N) is 2. The Hall–Kier alpha value is -3.81. The number of benzene rings is 2. The van der Waals surface area contributed by atoms with Crippen LogP contribution in [0.3, 0.4) is 0 Å². The fraction of sp³-hybridized carbons (Fsp3) is 0.452. The monoisotopic (exact) mass is 533 g/mol. The molecular weight excluding hydrogens is 494 g/mol. The zero-order valence-corrected chi connectivity index (χ0v) is 23.1. The molecule has 1 fully saturated rings. The summed E-state index contributed by atoms with van der Waals surface area (Å²) in [6.45, 7) is 6.95. The summed E-state index contributed by atoms with van der Waals surface area (Å²) in [4.78, 5) is 41.3. The lowest BCUT2D eigenvalue weighted by atomic mass is 9.74. The predicted molar refractivity (Wildman–Crippen MR) is 150 cm³/mol. The van der Waals surface area contributed by atoms with Gasteiger partial charge in [0.15, 0.2) is 0 Å². The highest BCUT2D eigenvalue weighted by Gasteiger charge is 2.42. The van der Waals surface area contributed by atoms with Gasteiger partial charge in [0, 0.05) is 19.6 Å². The molecule has 2 N–H and O–H groups in total. The summed E-state index contributed by atoms with van der Waals surface area (Å²) < 4.78 is 11.5. The Labute approximate surface area is 230 Å². The molecular formula is C31H39N3O5. The Balaban J connectivity index is 1.57. The summed E-state index contributed by atoms with van der Waals surface area (Å²) in [5.41, 5.74) is 0.259. The first kappa shape index (κ1) is 28.2. The number of fused-ring (bicyclic) bond motifs is 1. The largest absolute Gasteiger partial charge is 0.489 e. The normalized spacial score (nSPS) is 21.0. The molecule has 2 aliphatic rings. The minimum atomic E-state index is -0.685. The second kappa shape index (κ2) is 12.4. The van der Waals surface area contributed by atoms with Crippen LogP contribution in [-0.4, -0.2) is 60.7 Å². The lowest BCUT2D eigenvalue weighted by molar-refractivity contribution is -0.134. The first-order valence-corrected chi connectivity index (χ1v) is 13.6. The Morgan fingerprint density at radius 3 is 2.44 bits per heavy atom. The molecule has 2 aliphatic heterocycles. The second-order valence-electron chi connectivity index (χ2n) is 11.3. The van der Waals surface area contributed by atoms with Gasteiger partial charge in [-0.25, -0.2) is 4.79 Å². The number of likely N-dealkylation sites (tertiary alicyclic amines) is 1. The molecule has 4 rings (SSSR count). The van der Waals surface area contributed by atoms with Gasteiger partial charge in [0.1, 0.15) is 18.0 Å². The van der Waals surface area contributed by atoms with Gasteiger partial charge in [-0.1, -0.05) is 54.6 Å². The topological polar surface area (TPSA) is 97.0 Å². The molecule has 1 atom stereocenters. The molecule has 0 saturated carbocycles. The molecule has 2 aromatic carbocycles. The third-order valence-electron chi connectivity index (χ3n) is 7.17. The molecule has 0 aromatic heterocycles. The van der Waals surface area contributed by atoms with Crippen molar-refractivity contribution in [2.75, 3.05) is 26.2 Å². The Bertz CT molecular complexity index is 1180. The van der Waals surface area contributed by atoms with Crippen LogP contribution in [0.4, 0.5) is 4.79 Å². The molecule has 2 heterocycles. The van der Waals surface area contributed by atoms with Crippen LogP contribution >= 0.6 is 0 Å². The maximum absolute atomic E-state index is 13.9. The molecule has 0 aliphatic carbocycles. The quantitative estimate of drug-likeness (QED) is 0.554. The summed E-state index contributed by atoms with van der Waals surface area (Å²) in [5.74, 6) is 0.199. The van der Waals surface area contributed by atoms with Gasteiger partial charge >= 0.3 is 6.09 Å². The fourth-order valence-electron chi connectivity index (χ4n) is 4.99. The average Bonchev–Trinajstić information content (AvgIpc) is 2.91. The van der Waals surface area contributed by atoms with Crippen molar-refractivity contribution in [2.45, 2.75) is 58.1 Å². The fourth-order valence-corrected chi connectivity index (χ4v) is 4.99. The summed E-state index contributed by atoms with van der Waals surface area (Å²) in [6.07, 6.45) is 5.62. The van der Waals surface area contributed by atoms with Crippen molar-refractivity contribution < 1.29 is 23.9 Å². The number of allylic oxidation sites excluding steroid dienone is 1. The molecule has 8 heteroatoms. The van der Waals surface area contributed by atoms with E-state index in [4.69, 9.17) is 9.47 Å². The van der Waals surface area contributed by atoms with Crippen molar-refractivity contribution in [3.63, 3.8) is 0 Å². The minimum absolute atomic E-state index is 0.0652. The van der Waals surface area contributed by atoms with Crippen molar-refractivity contribution >= 4 is 17.9 Å². The third kappa shape index (κ3) is 7.62. The zero-order valence-electron chi connectivity index (χ0n) is 23.1. The average molecular weight is 534 g/mol. The lowest BCUT2D eigenvalue weighted by Crippen LogP contribution is -2.54. The van der Waals surface area contributed by atoms with Gasteiger partial charge in [-0.3, -0.25) is 9.59 Å². The van der Waals surface area contributed by atoms with Gasteiger partial charge in [0.25, 0.3) is 5.91 Å². The van der Waals surface area contributed by atoms with Crippen LogP contribution in [0.15, 0.2) is 66.7 Å². The van der Waals surface area contributed by atoms with E-state index >= 15 is 0 Å². The highest BCUT2D eigenvalue weighted by Crippen LogP contribution is 2.37. The minimum Gasteiger partial charge on any atom is -0.489 e.